The molecule has 214 valence electrons. The molecule has 4 heterocycles. The number of anilines is 2. The van der Waals surface area contributed by atoms with Gasteiger partial charge in [-0.25, -0.2) is 18.9 Å². The van der Waals surface area contributed by atoms with Crippen LogP contribution in [0.3, 0.4) is 0 Å². The van der Waals surface area contributed by atoms with Crippen LogP contribution in [0.5, 0.6) is 0 Å². The Kier molecular flexibility index (Phi) is 6.84. The SMILES string of the molecule is O=C(N[C@H]1N=C(c2ccccc2)c2cccc(F)c2NC1=O)c1c(-c2ccccc2)nc2ccc(N3CCOCC3)nn12. The van der Waals surface area contributed by atoms with Crippen LogP contribution in [0.15, 0.2) is 96.0 Å². The number of nitrogens with zero attached hydrogens (tertiary/aromatic N) is 5. The zero-order valence-electron chi connectivity index (χ0n) is 22.9. The van der Waals surface area contributed by atoms with Gasteiger partial charge in [-0.3, -0.25) is 9.59 Å². The standard InChI is InChI=1S/C32H26FN7O3/c33-23-13-7-12-22-26(20-8-3-1-4-9-20)35-30(32(42)36-28(22)23)37-31(41)29-27(21-10-5-2-6-11-21)34-24-14-15-25(38-40(24)29)39-16-18-43-19-17-39/h1-15,30H,16-19H2,(H,36,42)(H,37,41)/t30-/m1/s1. The van der Waals surface area contributed by atoms with E-state index in [-0.39, 0.29) is 11.4 Å². The van der Waals surface area contributed by atoms with E-state index in [9.17, 15) is 14.0 Å². The van der Waals surface area contributed by atoms with Gasteiger partial charge in [0.25, 0.3) is 11.8 Å². The van der Waals surface area contributed by atoms with Gasteiger partial charge in [-0.05, 0) is 18.2 Å². The summed E-state index contributed by atoms with van der Waals surface area (Å²) in [5, 5.41) is 10.2. The predicted molar refractivity (Wildman–Crippen MR) is 160 cm³/mol. The number of aromatic nitrogens is 3. The number of aliphatic imine (C=N–C) groups is 1. The molecule has 0 spiro atoms. The minimum Gasteiger partial charge on any atom is -0.378 e. The van der Waals surface area contributed by atoms with Gasteiger partial charge in [-0.2, -0.15) is 0 Å². The number of hydrogen-bond donors (Lipinski definition) is 2. The second kappa shape index (κ2) is 11.1. The first-order valence-electron chi connectivity index (χ1n) is 13.9. The van der Waals surface area contributed by atoms with E-state index in [2.05, 4.69) is 20.5 Å². The summed E-state index contributed by atoms with van der Waals surface area (Å²) in [5.41, 5.74) is 3.17. The highest BCUT2D eigenvalue weighted by molar-refractivity contribution is 6.20. The van der Waals surface area contributed by atoms with Gasteiger partial charge in [0, 0.05) is 29.8 Å². The molecule has 2 aliphatic heterocycles. The summed E-state index contributed by atoms with van der Waals surface area (Å²) in [5.74, 6) is -1.22. The van der Waals surface area contributed by atoms with Gasteiger partial charge >= 0.3 is 0 Å². The number of para-hydroxylation sites is 1. The van der Waals surface area contributed by atoms with Crippen molar-refractivity contribution in [3.05, 3.63) is 114 Å². The zero-order valence-corrected chi connectivity index (χ0v) is 22.9. The summed E-state index contributed by atoms with van der Waals surface area (Å²) in [7, 11) is 0. The molecule has 0 bridgehead atoms. The molecule has 5 aromatic rings. The number of halogens is 1. The van der Waals surface area contributed by atoms with E-state index in [1.165, 1.54) is 10.6 Å². The van der Waals surface area contributed by atoms with Crippen LogP contribution in [-0.4, -0.2) is 64.6 Å². The maximum Gasteiger partial charge on any atom is 0.274 e. The summed E-state index contributed by atoms with van der Waals surface area (Å²) in [4.78, 5) is 39.1. The molecule has 7 rings (SSSR count). The minimum absolute atomic E-state index is 0.00319. The number of carbonyl (C=O) groups excluding carboxylic acids is 2. The monoisotopic (exact) mass is 575 g/mol. The van der Waals surface area contributed by atoms with Gasteiger partial charge in [0.15, 0.2) is 11.3 Å². The predicted octanol–water partition coefficient (Wildman–Crippen LogP) is 3.92. The second-order valence-electron chi connectivity index (χ2n) is 10.1. The fourth-order valence-electron chi connectivity index (χ4n) is 5.30. The third kappa shape index (κ3) is 4.99. The molecule has 2 aromatic heterocycles. The third-order valence-electron chi connectivity index (χ3n) is 7.40. The van der Waals surface area contributed by atoms with E-state index < -0.39 is 23.8 Å². The number of nitrogens with one attached hydrogen (secondary N) is 2. The first kappa shape index (κ1) is 26.5. The van der Waals surface area contributed by atoms with Crippen molar-refractivity contribution in [3.63, 3.8) is 0 Å². The van der Waals surface area contributed by atoms with Crippen molar-refractivity contribution < 1.29 is 18.7 Å². The van der Waals surface area contributed by atoms with Crippen LogP contribution in [0.4, 0.5) is 15.9 Å². The number of imidazole rings is 1. The summed E-state index contributed by atoms with van der Waals surface area (Å²) < 4.78 is 21.9. The average Bonchev–Trinajstić information content (AvgIpc) is 3.37. The number of rotatable bonds is 5. The van der Waals surface area contributed by atoms with E-state index in [1.807, 2.05) is 72.8 Å². The molecular weight excluding hydrogens is 549 g/mol. The number of ether oxygens (including phenoxy) is 1. The van der Waals surface area contributed by atoms with E-state index >= 15 is 0 Å². The van der Waals surface area contributed by atoms with Crippen molar-refractivity contribution >= 4 is 34.7 Å². The van der Waals surface area contributed by atoms with Crippen LogP contribution >= 0.6 is 0 Å². The molecule has 1 fully saturated rings. The van der Waals surface area contributed by atoms with E-state index in [1.54, 1.807) is 12.1 Å². The molecule has 2 amide bonds. The van der Waals surface area contributed by atoms with Gasteiger partial charge in [0.05, 0.1) is 24.6 Å². The molecule has 0 aliphatic carbocycles. The van der Waals surface area contributed by atoms with Crippen LogP contribution in [0, 0.1) is 5.82 Å². The molecule has 11 heteroatoms. The molecule has 0 unspecified atom stereocenters. The first-order valence-corrected chi connectivity index (χ1v) is 13.9. The second-order valence-corrected chi connectivity index (χ2v) is 10.1. The molecule has 10 nitrogen and oxygen atoms in total. The molecule has 1 atom stereocenters. The van der Waals surface area contributed by atoms with Crippen LogP contribution in [0.2, 0.25) is 0 Å². The molecule has 2 N–H and O–H groups in total. The fraction of sp³-hybridized carbons (Fsp3) is 0.156. The fourth-order valence-corrected chi connectivity index (χ4v) is 5.30. The van der Waals surface area contributed by atoms with Crippen molar-refractivity contribution in [2.45, 2.75) is 6.17 Å². The lowest BCUT2D eigenvalue weighted by Crippen LogP contribution is -2.43. The Morgan fingerprint density at radius 1 is 0.907 bits per heavy atom. The van der Waals surface area contributed by atoms with Gasteiger partial charge in [0.2, 0.25) is 6.17 Å². The van der Waals surface area contributed by atoms with E-state index in [4.69, 9.17) is 14.8 Å². The quantitative estimate of drug-likeness (QED) is 0.329. The number of benzodiazepines with no additional fused rings is 1. The van der Waals surface area contributed by atoms with Crippen LogP contribution < -0.4 is 15.5 Å². The topological polar surface area (TPSA) is 113 Å². The van der Waals surface area contributed by atoms with Crippen molar-refractivity contribution in [2.75, 3.05) is 36.5 Å². The molecule has 1 saturated heterocycles. The first-order chi connectivity index (χ1) is 21.1. The summed E-state index contributed by atoms with van der Waals surface area (Å²) >= 11 is 0. The number of hydrogen-bond acceptors (Lipinski definition) is 7. The number of carbonyl (C=O) groups is 2. The van der Waals surface area contributed by atoms with Gasteiger partial charge in [-0.1, -0.05) is 72.8 Å². The summed E-state index contributed by atoms with van der Waals surface area (Å²) in [6, 6.07) is 26.6. The van der Waals surface area contributed by atoms with E-state index in [0.29, 0.717) is 65.9 Å². The van der Waals surface area contributed by atoms with Crippen LogP contribution in [0.1, 0.15) is 21.6 Å². The molecule has 43 heavy (non-hydrogen) atoms. The largest absolute Gasteiger partial charge is 0.378 e. The highest BCUT2D eigenvalue weighted by atomic mass is 19.1. The van der Waals surface area contributed by atoms with E-state index in [0.717, 1.165) is 0 Å². The van der Waals surface area contributed by atoms with Crippen molar-refractivity contribution in [2.24, 2.45) is 4.99 Å². The lowest BCUT2D eigenvalue weighted by Gasteiger charge is -2.27. The van der Waals surface area contributed by atoms with Crippen LogP contribution in [-0.2, 0) is 9.53 Å². The molecule has 0 saturated carbocycles. The highest BCUT2D eigenvalue weighted by Crippen LogP contribution is 2.28. The molecule has 3 aromatic carbocycles. The molecule has 2 aliphatic rings. The third-order valence-corrected chi connectivity index (χ3v) is 7.40. The number of benzene rings is 3. The number of fused-ring (bicyclic) bond motifs is 2. The molecule has 0 radical (unpaired) electrons. The number of amides is 2. The normalized spacial score (nSPS) is 16.7. The average molecular weight is 576 g/mol. The van der Waals surface area contributed by atoms with Gasteiger partial charge in [0.1, 0.15) is 17.3 Å². The Morgan fingerprint density at radius 3 is 2.37 bits per heavy atom. The van der Waals surface area contributed by atoms with Crippen molar-refractivity contribution in [3.8, 4) is 11.3 Å². The maximum atomic E-state index is 14.9. The Bertz CT molecular complexity index is 1870. The van der Waals surface area contributed by atoms with Gasteiger partial charge < -0.3 is 20.3 Å². The zero-order chi connectivity index (χ0) is 29.3. The Balaban J connectivity index is 1.32. The maximum absolute atomic E-state index is 14.9. The van der Waals surface area contributed by atoms with Crippen LogP contribution in [0.25, 0.3) is 16.9 Å². The van der Waals surface area contributed by atoms with Crippen molar-refractivity contribution in [1.82, 2.24) is 19.9 Å². The smallest absolute Gasteiger partial charge is 0.274 e. The summed E-state index contributed by atoms with van der Waals surface area (Å²) in [6.07, 6.45) is -1.37. The Hall–Kier alpha value is -5.42. The lowest BCUT2D eigenvalue weighted by atomic mass is 10.0. The van der Waals surface area contributed by atoms with Gasteiger partial charge in [-0.15, -0.1) is 5.10 Å². The highest BCUT2D eigenvalue weighted by Gasteiger charge is 2.31. The lowest BCUT2D eigenvalue weighted by molar-refractivity contribution is -0.117. The number of morpholine rings is 1. The minimum atomic E-state index is -1.37. The van der Waals surface area contributed by atoms with Crippen molar-refractivity contribution in [1.29, 1.82) is 0 Å². The Morgan fingerprint density at radius 2 is 1.63 bits per heavy atom. The Labute approximate surface area is 245 Å². The summed E-state index contributed by atoms with van der Waals surface area (Å²) in [6.45, 7) is 2.48. The molecular formula is C32H26FN7O3.